The number of para-hydroxylation sites is 2. The maximum absolute atomic E-state index is 13.1. The molecule has 4 fully saturated rings. The molecule has 77 heavy (non-hydrogen) atoms. The first-order chi connectivity index (χ1) is 36.7. The normalized spacial score (nSPS) is 24.9. The molecule has 0 bridgehead atoms. The molecule has 4 aliphatic rings. The standard InChI is InChI=1S/C63H76Cl2O12/c1-35(2)12-8-13-36(3)49-22-23-50-44-21-20-42-28-37(24-26-62(42,4)51(44)25-27-63(49,50)5)14-9-17-43(40-29-47(60(70)71)56(52(64)31-40)76-33-38-15-10-18-45(58(66)67)54(38)74-6)41-30-48(61(72)73)57(53(65)32-41)77-34-39-16-11-19-46(59(68)69)55(39)75-7/h10-11,15-19,29-32,35-37,42,44,49-51H,8-9,12-14,20-28,33-34H2,1-7H3,(H,66,67)(H,68,69)(H,70,71)(H,72,73)/t36-,37+,42+,44+,49-,50+,51+,62+,63-/m1/s1. The molecule has 4 saturated carbocycles. The molecule has 8 rings (SSSR count). The number of ether oxygens (including phenoxy) is 4. The number of methoxy groups -OCH3 is 2. The summed E-state index contributed by atoms with van der Waals surface area (Å²) in [6.07, 6.45) is 19.0. The van der Waals surface area contributed by atoms with Crippen LogP contribution >= 0.6 is 23.2 Å². The van der Waals surface area contributed by atoms with Gasteiger partial charge in [0, 0.05) is 11.1 Å². The van der Waals surface area contributed by atoms with Gasteiger partial charge in [0.2, 0.25) is 0 Å². The largest absolute Gasteiger partial charge is 0.495 e. The maximum atomic E-state index is 13.1. The van der Waals surface area contributed by atoms with Crippen molar-refractivity contribution in [2.45, 2.75) is 138 Å². The number of carboxylic acid groups (broad SMARTS) is 4. The van der Waals surface area contributed by atoms with E-state index >= 15 is 0 Å². The minimum Gasteiger partial charge on any atom is -0.495 e. The van der Waals surface area contributed by atoms with Gasteiger partial charge in [-0.25, -0.2) is 19.2 Å². The van der Waals surface area contributed by atoms with Crippen molar-refractivity contribution in [1.29, 1.82) is 0 Å². The lowest BCUT2D eigenvalue weighted by atomic mass is 9.44. The molecule has 0 unspecified atom stereocenters. The Labute approximate surface area is 463 Å². The molecule has 9 atom stereocenters. The van der Waals surface area contributed by atoms with E-state index in [0.29, 0.717) is 56.9 Å². The minimum absolute atomic E-state index is 0.0457. The van der Waals surface area contributed by atoms with Crippen molar-refractivity contribution >= 4 is 52.7 Å². The SMILES string of the molecule is COc1c(COc2c(Cl)cc(C(=CCC[C@H]3CC[C@@]4(C)[C@@H](CC[C@@H]5[C@@H]4CC[C@]4(C)[C@@H]([C@H](C)CCCC(C)C)CC[C@@H]54)C3)c3cc(Cl)c(OCc4cccc(C(=O)O)c4OC)c(C(=O)O)c3)cc2C(=O)O)cccc1C(=O)O. The molecular weight excluding hydrogens is 1020 g/mol. The van der Waals surface area contributed by atoms with Crippen LogP contribution in [-0.2, 0) is 13.2 Å². The molecule has 14 heteroatoms. The van der Waals surface area contributed by atoms with Crippen molar-refractivity contribution in [3.05, 3.63) is 121 Å². The van der Waals surface area contributed by atoms with Gasteiger partial charge >= 0.3 is 23.9 Å². The fraction of sp³-hybridized carbons (Fsp3) is 0.524. The topological polar surface area (TPSA) is 186 Å². The maximum Gasteiger partial charge on any atom is 0.339 e. The number of hydrogen-bond donors (Lipinski definition) is 4. The lowest BCUT2D eigenvalue weighted by Crippen LogP contribution is -2.53. The number of carbonyl (C=O) groups is 4. The zero-order valence-corrected chi connectivity index (χ0v) is 47.1. The van der Waals surface area contributed by atoms with E-state index in [4.69, 9.17) is 42.1 Å². The highest BCUT2D eigenvalue weighted by molar-refractivity contribution is 6.33. The van der Waals surface area contributed by atoms with Crippen molar-refractivity contribution < 1.29 is 58.6 Å². The third kappa shape index (κ3) is 11.9. The van der Waals surface area contributed by atoms with Gasteiger partial charge in [-0.2, -0.15) is 0 Å². The van der Waals surface area contributed by atoms with E-state index < -0.39 is 23.9 Å². The molecule has 4 aromatic rings. The van der Waals surface area contributed by atoms with Gasteiger partial charge in [0.15, 0.2) is 11.5 Å². The highest BCUT2D eigenvalue weighted by Crippen LogP contribution is 2.69. The number of rotatable bonds is 22. The summed E-state index contributed by atoms with van der Waals surface area (Å²) in [7, 11) is 2.67. The van der Waals surface area contributed by atoms with E-state index in [-0.39, 0.29) is 68.5 Å². The Kier molecular flexibility index (Phi) is 18.0. The molecular formula is C63H76Cl2O12. The fourth-order valence-electron chi connectivity index (χ4n) is 15.1. The van der Waals surface area contributed by atoms with Crippen molar-refractivity contribution in [1.82, 2.24) is 0 Å². The van der Waals surface area contributed by atoms with Crippen molar-refractivity contribution in [3.8, 4) is 23.0 Å². The monoisotopic (exact) mass is 1090 g/mol. The Morgan fingerprint density at radius 2 is 1.16 bits per heavy atom. The average Bonchev–Trinajstić information content (AvgIpc) is 3.82. The Hall–Kier alpha value is -5.72. The van der Waals surface area contributed by atoms with Gasteiger partial charge < -0.3 is 39.4 Å². The van der Waals surface area contributed by atoms with Crippen LogP contribution in [0.5, 0.6) is 23.0 Å². The van der Waals surface area contributed by atoms with E-state index in [1.54, 1.807) is 24.3 Å². The summed E-state index contributed by atoms with van der Waals surface area (Å²) in [5.74, 6) is 0.611. The zero-order valence-electron chi connectivity index (χ0n) is 45.6. The summed E-state index contributed by atoms with van der Waals surface area (Å²) in [4.78, 5) is 50.1. The molecule has 0 aromatic heterocycles. The van der Waals surface area contributed by atoms with Crippen LogP contribution in [-0.4, -0.2) is 58.5 Å². The van der Waals surface area contributed by atoms with Crippen LogP contribution in [0.3, 0.4) is 0 Å². The number of halogens is 2. The first-order valence-electron chi connectivity index (χ1n) is 27.6. The molecule has 0 heterocycles. The van der Waals surface area contributed by atoms with E-state index in [0.717, 1.165) is 54.8 Å². The molecule has 0 radical (unpaired) electrons. The fourth-order valence-corrected chi connectivity index (χ4v) is 15.7. The lowest BCUT2D eigenvalue weighted by molar-refractivity contribution is -0.121. The van der Waals surface area contributed by atoms with E-state index in [1.165, 1.54) is 115 Å². The molecule has 12 nitrogen and oxygen atoms in total. The highest BCUT2D eigenvalue weighted by atomic mass is 35.5. The van der Waals surface area contributed by atoms with Crippen LogP contribution in [0.2, 0.25) is 10.0 Å². The van der Waals surface area contributed by atoms with Gasteiger partial charge in [-0.1, -0.05) is 107 Å². The van der Waals surface area contributed by atoms with E-state index in [9.17, 15) is 39.6 Å². The summed E-state index contributed by atoms with van der Waals surface area (Å²) in [5, 5.41) is 40.8. The van der Waals surface area contributed by atoms with E-state index in [1.807, 2.05) is 6.08 Å². The third-order valence-corrected chi connectivity index (χ3v) is 19.4. The van der Waals surface area contributed by atoms with Gasteiger partial charge in [0.1, 0.15) is 47.0 Å². The van der Waals surface area contributed by atoms with Crippen LogP contribution < -0.4 is 18.9 Å². The molecule has 414 valence electrons. The van der Waals surface area contributed by atoms with Gasteiger partial charge in [-0.15, -0.1) is 0 Å². The highest BCUT2D eigenvalue weighted by Gasteiger charge is 2.60. The predicted octanol–water partition coefficient (Wildman–Crippen LogP) is 15.9. The predicted molar refractivity (Wildman–Crippen MR) is 298 cm³/mol. The van der Waals surface area contributed by atoms with Crippen LogP contribution in [0.15, 0.2) is 66.7 Å². The number of fused-ring (bicyclic) bond motifs is 5. The molecule has 0 aliphatic heterocycles. The smallest absolute Gasteiger partial charge is 0.339 e. The van der Waals surface area contributed by atoms with Crippen LogP contribution in [0.4, 0.5) is 0 Å². The van der Waals surface area contributed by atoms with Crippen molar-refractivity contribution in [2.75, 3.05) is 14.2 Å². The second kappa shape index (κ2) is 24.1. The third-order valence-electron chi connectivity index (χ3n) is 18.9. The summed E-state index contributed by atoms with van der Waals surface area (Å²) in [5.41, 5.74) is 1.99. The minimum atomic E-state index is -1.34. The number of benzene rings is 4. The lowest BCUT2D eigenvalue weighted by Gasteiger charge is -2.61. The molecule has 0 spiro atoms. The Bertz CT molecular complexity index is 2750. The Balaban J connectivity index is 1.06. The van der Waals surface area contributed by atoms with Gasteiger partial charge in [-0.3, -0.25) is 0 Å². The molecule has 4 aromatic carbocycles. The summed E-state index contributed by atoms with van der Waals surface area (Å²) < 4.78 is 22.9. The quantitative estimate of drug-likeness (QED) is 0.0584. The van der Waals surface area contributed by atoms with E-state index in [2.05, 4.69) is 34.6 Å². The van der Waals surface area contributed by atoms with Crippen molar-refractivity contribution in [3.63, 3.8) is 0 Å². The Morgan fingerprint density at radius 3 is 1.66 bits per heavy atom. The van der Waals surface area contributed by atoms with Crippen molar-refractivity contribution in [2.24, 2.45) is 58.2 Å². The summed E-state index contributed by atoms with van der Waals surface area (Å²) in [6, 6.07) is 15.1. The van der Waals surface area contributed by atoms with Crippen LogP contribution in [0.25, 0.3) is 5.57 Å². The second-order valence-corrected chi connectivity index (χ2v) is 24.3. The second-order valence-electron chi connectivity index (χ2n) is 23.5. The van der Waals surface area contributed by atoms with Crippen LogP contribution in [0, 0.1) is 58.2 Å². The first kappa shape index (κ1) is 57.5. The number of allylic oxidation sites excluding steroid dienone is 1. The Morgan fingerprint density at radius 1 is 0.636 bits per heavy atom. The first-order valence-corrected chi connectivity index (χ1v) is 28.3. The summed E-state index contributed by atoms with van der Waals surface area (Å²) in [6.45, 7) is 12.0. The average molecular weight is 1100 g/mol. The molecule has 4 N–H and O–H groups in total. The van der Waals surface area contributed by atoms with Crippen LogP contribution in [0.1, 0.15) is 188 Å². The number of aromatic carboxylic acids is 4. The molecule has 0 amide bonds. The number of carboxylic acids is 4. The zero-order chi connectivity index (χ0) is 55.5. The van der Waals surface area contributed by atoms with Gasteiger partial charge in [0.25, 0.3) is 0 Å². The summed E-state index contributed by atoms with van der Waals surface area (Å²) >= 11 is 13.9. The van der Waals surface area contributed by atoms with Gasteiger partial charge in [0.05, 0.1) is 24.3 Å². The molecule has 0 saturated heterocycles. The number of hydrogen-bond acceptors (Lipinski definition) is 8. The van der Waals surface area contributed by atoms with Gasteiger partial charge in [-0.05, 0) is 182 Å². The molecule has 4 aliphatic carbocycles.